The van der Waals surface area contributed by atoms with Gasteiger partial charge in [-0.25, -0.2) is 0 Å². The van der Waals surface area contributed by atoms with Crippen LogP contribution in [0.2, 0.25) is 0 Å². The molecule has 0 unspecified atom stereocenters. The van der Waals surface area contributed by atoms with E-state index in [9.17, 15) is 4.79 Å². The van der Waals surface area contributed by atoms with Crippen molar-refractivity contribution in [3.05, 3.63) is 0 Å². The Kier molecular flexibility index (Phi) is 2.40. The second-order valence-electron chi connectivity index (χ2n) is 4.18. The van der Waals surface area contributed by atoms with Gasteiger partial charge in [0.2, 0.25) is 0 Å². The molecule has 2 aliphatic carbocycles. The number of Topliss-reactive ketones (excluding diaryl/α,β-unsaturated/α-hetero) is 1. The van der Waals surface area contributed by atoms with Gasteiger partial charge < -0.3 is 0 Å². The van der Waals surface area contributed by atoms with Crippen LogP contribution >= 0.6 is 11.6 Å². The highest BCUT2D eigenvalue weighted by Crippen LogP contribution is 2.40. The Labute approximate surface area is 78.5 Å². The Morgan fingerprint density at radius 1 is 1.17 bits per heavy atom. The molecule has 0 aromatic rings. The van der Waals surface area contributed by atoms with Crippen molar-refractivity contribution in [1.82, 2.24) is 0 Å². The van der Waals surface area contributed by atoms with Crippen LogP contribution in [0.5, 0.6) is 0 Å². The molecule has 2 saturated carbocycles. The molecule has 2 heteroatoms. The molecule has 0 aliphatic heterocycles. The second kappa shape index (κ2) is 3.37. The van der Waals surface area contributed by atoms with Gasteiger partial charge in [0, 0.05) is 6.42 Å². The summed E-state index contributed by atoms with van der Waals surface area (Å²) in [7, 11) is 0. The number of hydrogen-bond donors (Lipinski definition) is 0. The third kappa shape index (κ3) is 1.52. The predicted molar refractivity (Wildman–Crippen MR) is 49.3 cm³/mol. The first kappa shape index (κ1) is 8.55. The molecule has 0 radical (unpaired) electrons. The smallest absolute Gasteiger partial charge is 0.150 e. The highest BCUT2D eigenvalue weighted by Gasteiger charge is 2.35. The Hall–Kier alpha value is -0.0400. The number of carbonyl (C=O) groups is 1. The fourth-order valence-electron chi connectivity index (χ4n) is 2.65. The summed E-state index contributed by atoms with van der Waals surface area (Å²) in [4.78, 5) is 11.3. The van der Waals surface area contributed by atoms with Gasteiger partial charge in [0.25, 0.3) is 0 Å². The van der Waals surface area contributed by atoms with Gasteiger partial charge >= 0.3 is 0 Å². The van der Waals surface area contributed by atoms with Crippen molar-refractivity contribution < 1.29 is 4.79 Å². The topological polar surface area (TPSA) is 17.1 Å². The number of carbonyl (C=O) groups excluding carboxylic acids is 1. The highest BCUT2D eigenvalue weighted by atomic mass is 35.5. The Balaban J connectivity index is 2.02. The van der Waals surface area contributed by atoms with Crippen LogP contribution in [0.4, 0.5) is 0 Å². The van der Waals surface area contributed by atoms with E-state index in [1.54, 1.807) is 0 Å². The van der Waals surface area contributed by atoms with Crippen molar-refractivity contribution in [3.63, 3.8) is 0 Å². The van der Waals surface area contributed by atoms with Crippen LogP contribution < -0.4 is 0 Å². The molecule has 2 aliphatic rings. The van der Waals surface area contributed by atoms with Crippen LogP contribution in [0.3, 0.4) is 0 Å². The van der Waals surface area contributed by atoms with Gasteiger partial charge in [-0.3, -0.25) is 4.79 Å². The Bertz CT molecular complexity index is 190. The van der Waals surface area contributed by atoms with Gasteiger partial charge in [-0.1, -0.05) is 19.3 Å². The standard InChI is InChI=1S/C10H15ClO/c11-9-5-7-3-1-2-4-8(7)6-10(9)12/h7-9H,1-6H2/t7-,8-,9-/m1/s1. The van der Waals surface area contributed by atoms with Crippen LogP contribution in [-0.2, 0) is 4.79 Å². The molecule has 3 atom stereocenters. The van der Waals surface area contributed by atoms with E-state index in [1.807, 2.05) is 0 Å². The zero-order chi connectivity index (χ0) is 8.55. The quantitative estimate of drug-likeness (QED) is 0.532. The van der Waals surface area contributed by atoms with Crippen LogP contribution in [0.25, 0.3) is 0 Å². The van der Waals surface area contributed by atoms with Gasteiger partial charge in [0.15, 0.2) is 5.78 Å². The molecule has 0 heterocycles. The fraction of sp³-hybridized carbons (Fsp3) is 0.900. The van der Waals surface area contributed by atoms with Crippen molar-refractivity contribution in [2.75, 3.05) is 0 Å². The SMILES string of the molecule is O=C1C[C@H]2CCCC[C@@H]2C[C@H]1Cl. The van der Waals surface area contributed by atoms with Gasteiger partial charge in [-0.15, -0.1) is 11.6 Å². The molecular formula is C10H15ClO. The van der Waals surface area contributed by atoms with Crippen molar-refractivity contribution in [2.24, 2.45) is 11.8 Å². The molecule has 0 aromatic heterocycles. The summed E-state index contributed by atoms with van der Waals surface area (Å²) in [6, 6.07) is 0. The highest BCUT2D eigenvalue weighted by molar-refractivity contribution is 6.31. The molecule has 0 aromatic carbocycles. The van der Waals surface area contributed by atoms with E-state index in [1.165, 1.54) is 25.7 Å². The lowest BCUT2D eigenvalue weighted by Gasteiger charge is -2.36. The van der Waals surface area contributed by atoms with E-state index in [4.69, 9.17) is 11.6 Å². The largest absolute Gasteiger partial charge is 0.298 e. The van der Waals surface area contributed by atoms with Crippen LogP contribution in [0.1, 0.15) is 38.5 Å². The average molecular weight is 187 g/mol. The first-order valence-corrected chi connectivity index (χ1v) is 5.38. The summed E-state index contributed by atoms with van der Waals surface area (Å²) in [5, 5.41) is -0.163. The van der Waals surface area contributed by atoms with Crippen LogP contribution in [-0.4, -0.2) is 11.2 Å². The van der Waals surface area contributed by atoms with E-state index in [-0.39, 0.29) is 5.38 Å². The third-order valence-corrected chi connectivity index (χ3v) is 3.81. The number of rotatable bonds is 0. The summed E-state index contributed by atoms with van der Waals surface area (Å²) in [5.41, 5.74) is 0. The number of ketones is 1. The van der Waals surface area contributed by atoms with Gasteiger partial charge in [-0.05, 0) is 24.7 Å². The molecule has 0 spiro atoms. The van der Waals surface area contributed by atoms with E-state index in [2.05, 4.69) is 0 Å². The van der Waals surface area contributed by atoms with E-state index in [0.29, 0.717) is 11.7 Å². The molecule has 0 N–H and O–H groups in total. The maximum absolute atomic E-state index is 11.3. The lowest BCUT2D eigenvalue weighted by molar-refractivity contribution is -0.122. The van der Waals surface area contributed by atoms with E-state index in [0.717, 1.165) is 18.8 Å². The zero-order valence-electron chi connectivity index (χ0n) is 7.26. The molecule has 2 rings (SSSR count). The van der Waals surface area contributed by atoms with Crippen LogP contribution in [0.15, 0.2) is 0 Å². The second-order valence-corrected chi connectivity index (χ2v) is 4.71. The summed E-state index contributed by atoms with van der Waals surface area (Å²) in [5.74, 6) is 1.74. The summed E-state index contributed by atoms with van der Waals surface area (Å²) in [6.07, 6.45) is 6.95. The first-order chi connectivity index (χ1) is 5.77. The van der Waals surface area contributed by atoms with Gasteiger partial charge in [-0.2, -0.15) is 0 Å². The van der Waals surface area contributed by atoms with Gasteiger partial charge in [0.05, 0.1) is 5.38 Å². The summed E-state index contributed by atoms with van der Waals surface area (Å²) in [6.45, 7) is 0. The molecule has 0 saturated heterocycles. The minimum atomic E-state index is -0.163. The molecule has 0 amide bonds. The molecule has 12 heavy (non-hydrogen) atoms. The zero-order valence-corrected chi connectivity index (χ0v) is 8.02. The summed E-state index contributed by atoms with van der Waals surface area (Å²) < 4.78 is 0. The predicted octanol–water partition coefficient (Wildman–Crippen LogP) is 2.76. The monoisotopic (exact) mass is 186 g/mol. The molecule has 1 nitrogen and oxygen atoms in total. The van der Waals surface area contributed by atoms with Crippen LogP contribution in [0, 0.1) is 11.8 Å². The minimum Gasteiger partial charge on any atom is -0.298 e. The lowest BCUT2D eigenvalue weighted by Crippen LogP contribution is -2.34. The minimum absolute atomic E-state index is 0.163. The lowest BCUT2D eigenvalue weighted by atomic mass is 9.70. The molecule has 0 bridgehead atoms. The fourth-order valence-corrected chi connectivity index (χ4v) is 2.96. The van der Waals surface area contributed by atoms with Crippen molar-refractivity contribution in [1.29, 1.82) is 0 Å². The number of halogens is 1. The van der Waals surface area contributed by atoms with Crippen molar-refractivity contribution in [2.45, 2.75) is 43.9 Å². The third-order valence-electron chi connectivity index (χ3n) is 3.39. The van der Waals surface area contributed by atoms with E-state index >= 15 is 0 Å². The van der Waals surface area contributed by atoms with E-state index < -0.39 is 0 Å². The van der Waals surface area contributed by atoms with Crippen molar-refractivity contribution in [3.8, 4) is 0 Å². The average Bonchev–Trinajstić information content (AvgIpc) is 2.07. The maximum Gasteiger partial charge on any atom is 0.150 e. The number of fused-ring (bicyclic) bond motifs is 1. The number of alkyl halides is 1. The van der Waals surface area contributed by atoms with Crippen molar-refractivity contribution >= 4 is 17.4 Å². The Morgan fingerprint density at radius 3 is 2.58 bits per heavy atom. The first-order valence-electron chi connectivity index (χ1n) is 4.94. The Morgan fingerprint density at radius 2 is 1.83 bits per heavy atom. The molecular weight excluding hydrogens is 172 g/mol. The van der Waals surface area contributed by atoms with Gasteiger partial charge in [0.1, 0.15) is 0 Å². The number of hydrogen-bond acceptors (Lipinski definition) is 1. The molecule has 2 fully saturated rings. The molecule has 68 valence electrons. The summed E-state index contributed by atoms with van der Waals surface area (Å²) >= 11 is 5.94. The normalized spacial score (nSPS) is 42.4. The maximum atomic E-state index is 11.3.